The number of benzene rings is 1. The third-order valence-electron chi connectivity index (χ3n) is 3.58. The van der Waals surface area contributed by atoms with E-state index in [0.29, 0.717) is 25.9 Å². The standard InChI is InChI=1S/C17H22N2O3/c1-4-10-19(17(20)5-2)12-13-11-15(18-22-13)14-8-6-7-9-16(14)21-3/h4,6-9,13H,1,5,10-12H2,2-3H3/t13-/m0/s1. The third-order valence-corrected chi connectivity index (χ3v) is 3.58. The second-order valence-electron chi connectivity index (χ2n) is 5.11. The molecular weight excluding hydrogens is 280 g/mol. The average Bonchev–Trinajstić information content (AvgIpc) is 3.02. The minimum absolute atomic E-state index is 0.0919. The molecule has 0 N–H and O–H groups in total. The molecule has 0 aliphatic carbocycles. The highest BCUT2D eigenvalue weighted by atomic mass is 16.6. The van der Waals surface area contributed by atoms with E-state index in [2.05, 4.69) is 11.7 Å². The second kappa shape index (κ2) is 7.64. The minimum Gasteiger partial charge on any atom is -0.496 e. The molecule has 0 saturated carbocycles. The molecule has 1 heterocycles. The van der Waals surface area contributed by atoms with Gasteiger partial charge in [0, 0.05) is 24.9 Å². The van der Waals surface area contributed by atoms with E-state index in [1.54, 1.807) is 18.1 Å². The fraction of sp³-hybridized carbons (Fsp3) is 0.412. The highest BCUT2D eigenvalue weighted by Gasteiger charge is 2.27. The van der Waals surface area contributed by atoms with E-state index in [9.17, 15) is 4.79 Å². The Balaban J connectivity index is 2.02. The first-order valence-corrected chi connectivity index (χ1v) is 7.44. The van der Waals surface area contributed by atoms with Crippen LogP contribution in [0.25, 0.3) is 0 Å². The molecular formula is C17H22N2O3. The zero-order valence-electron chi connectivity index (χ0n) is 13.1. The van der Waals surface area contributed by atoms with Crippen LogP contribution < -0.4 is 4.74 Å². The van der Waals surface area contributed by atoms with Gasteiger partial charge in [-0.05, 0) is 12.1 Å². The normalized spacial score (nSPS) is 16.6. The summed E-state index contributed by atoms with van der Waals surface area (Å²) in [4.78, 5) is 19.2. The Hall–Kier alpha value is -2.30. The first-order valence-electron chi connectivity index (χ1n) is 7.44. The van der Waals surface area contributed by atoms with Crippen LogP contribution in [0, 0.1) is 0 Å². The van der Waals surface area contributed by atoms with Gasteiger partial charge in [0.1, 0.15) is 5.75 Å². The smallest absolute Gasteiger partial charge is 0.222 e. The number of oxime groups is 1. The Kier molecular flexibility index (Phi) is 5.58. The van der Waals surface area contributed by atoms with Gasteiger partial charge in [-0.2, -0.15) is 0 Å². The van der Waals surface area contributed by atoms with Crippen molar-refractivity contribution >= 4 is 11.6 Å². The molecule has 0 fully saturated rings. The van der Waals surface area contributed by atoms with Crippen LogP contribution in [0.15, 0.2) is 42.1 Å². The number of carbonyl (C=O) groups is 1. The van der Waals surface area contributed by atoms with E-state index in [0.717, 1.165) is 17.0 Å². The van der Waals surface area contributed by atoms with Crippen LogP contribution in [0.2, 0.25) is 0 Å². The molecule has 0 spiro atoms. The van der Waals surface area contributed by atoms with Crippen molar-refractivity contribution in [3.05, 3.63) is 42.5 Å². The number of para-hydroxylation sites is 1. The number of methoxy groups -OCH3 is 1. The summed E-state index contributed by atoms with van der Waals surface area (Å²) in [5.74, 6) is 0.868. The van der Waals surface area contributed by atoms with Crippen molar-refractivity contribution in [2.75, 3.05) is 20.2 Å². The van der Waals surface area contributed by atoms with Crippen molar-refractivity contribution in [3.8, 4) is 5.75 Å². The number of hydrogen-bond acceptors (Lipinski definition) is 4. The molecule has 5 heteroatoms. The van der Waals surface area contributed by atoms with E-state index in [1.807, 2.05) is 31.2 Å². The first kappa shape index (κ1) is 16.1. The van der Waals surface area contributed by atoms with Gasteiger partial charge in [0.15, 0.2) is 6.10 Å². The Morgan fingerprint density at radius 3 is 3.00 bits per heavy atom. The molecule has 0 saturated heterocycles. The maximum absolute atomic E-state index is 11.9. The van der Waals surface area contributed by atoms with E-state index >= 15 is 0 Å². The van der Waals surface area contributed by atoms with Crippen molar-refractivity contribution in [3.63, 3.8) is 0 Å². The molecule has 0 unspecified atom stereocenters. The zero-order valence-corrected chi connectivity index (χ0v) is 13.1. The van der Waals surface area contributed by atoms with Gasteiger partial charge >= 0.3 is 0 Å². The molecule has 5 nitrogen and oxygen atoms in total. The molecule has 0 radical (unpaired) electrons. The molecule has 1 atom stereocenters. The van der Waals surface area contributed by atoms with Gasteiger partial charge in [0.25, 0.3) is 0 Å². The summed E-state index contributed by atoms with van der Waals surface area (Å²) in [7, 11) is 1.64. The maximum atomic E-state index is 11.9. The quantitative estimate of drug-likeness (QED) is 0.728. The number of amides is 1. The van der Waals surface area contributed by atoms with Gasteiger partial charge in [-0.3, -0.25) is 4.79 Å². The van der Waals surface area contributed by atoms with Crippen LogP contribution in [-0.4, -0.2) is 42.8 Å². The Bertz CT molecular complexity index is 569. The first-order chi connectivity index (χ1) is 10.7. The van der Waals surface area contributed by atoms with Crippen LogP contribution in [-0.2, 0) is 9.63 Å². The van der Waals surface area contributed by atoms with Crippen molar-refractivity contribution in [2.24, 2.45) is 5.16 Å². The van der Waals surface area contributed by atoms with Gasteiger partial charge in [-0.25, -0.2) is 0 Å². The SMILES string of the molecule is C=CCN(C[C@@H]1CC(c2ccccc2OC)=NO1)C(=O)CC. The van der Waals surface area contributed by atoms with Crippen molar-refractivity contribution in [1.82, 2.24) is 4.90 Å². The topological polar surface area (TPSA) is 51.1 Å². The molecule has 0 bridgehead atoms. The number of ether oxygens (including phenoxy) is 1. The summed E-state index contributed by atoms with van der Waals surface area (Å²) in [6, 6.07) is 7.72. The molecule has 1 aliphatic rings. The second-order valence-corrected chi connectivity index (χ2v) is 5.11. The van der Waals surface area contributed by atoms with E-state index in [-0.39, 0.29) is 12.0 Å². The van der Waals surface area contributed by atoms with E-state index in [1.165, 1.54) is 0 Å². The van der Waals surface area contributed by atoms with Gasteiger partial charge in [-0.15, -0.1) is 6.58 Å². The molecule has 1 aromatic rings. The van der Waals surface area contributed by atoms with Crippen LogP contribution in [0.3, 0.4) is 0 Å². The summed E-state index contributed by atoms with van der Waals surface area (Å²) in [6.07, 6.45) is 2.73. The van der Waals surface area contributed by atoms with Crippen molar-refractivity contribution < 1.29 is 14.4 Å². The van der Waals surface area contributed by atoms with Crippen molar-refractivity contribution in [2.45, 2.75) is 25.9 Å². The van der Waals surface area contributed by atoms with Gasteiger partial charge < -0.3 is 14.5 Å². The monoisotopic (exact) mass is 302 g/mol. The third kappa shape index (κ3) is 3.67. The predicted octanol–water partition coefficient (Wildman–Crippen LogP) is 2.61. The van der Waals surface area contributed by atoms with Crippen LogP contribution in [0.5, 0.6) is 5.75 Å². The van der Waals surface area contributed by atoms with Crippen LogP contribution in [0.4, 0.5) is 0 Å². The molecule has 1 aromatic carbocycles. The van der Waals surface area contributed by atoms with Gasteiger partial charge in [-0.1, -0.05) is 30.3 Å². The van der Waals surface area contributed by atoms with Crippen molar-refractivity contribution in [1.29, 1.82) is 0 Å². The summed E-state index contributed by atoms with van der Waals surface area (Å²) < 4.78 is 5.35. The minimum atomic E-state index is -0.129. The highest BCUT2D eigenvalue weighted by Crippen LogP contribution is 2.24. The highest BCUT2D eigenvalue weighted by molar-refractivity contribution is 6.03. The lowest BCUT2D eigenvalue weighted by Crippen LogP contribution is -2.37. The average molecular weight is 302 g/mol. The lowest BCUT2D eigenvalue weighted by molar-refractivity contribution is -0.132. The maximum Gasteiger partial charge on any atom is 0.222 e. The lowest BCUT2D eigenvalue weighted by Gasteiger charge is -2.22. The summed E-state index contributed by atoms with van der Waals surface area (Å²) >= 11 is 0. The predicted molar refractivity (Wildman–Crippen MR) is 86.1 cm³/mol. The zero-order chi connectivity index (χ0) is 15.9. The lowest BCUT2D eigenvalue weighted by atomic mass is 10.0. The van der Waals surface area contributed by atoms with Gasteiger partial charge in [0.2, 0.25) is 5.91 Å². The van der Waals surface area contributed by atoms with Crippen LogP contribution >= 0.6 is 0 Å². The molecule has 118 valence electrons. The Labute approximate surface area is 131 Å². The summed E-state index contributed by atoms with van der Waals surface area (Å²) in [5, 5.41) is 4.17. The largest absolute Gasteiger partial charge is 0.496 e. The van der Waals surface area contributed by atoms with E-state index in [4.69, 9.17) is 9.57 Å². The number of nitrogens with zero attached hydrogens (tertiary/aromatic N) is 2. The summed E-state index contributed by atoms with van der Waals surface area (Å²) in [5.41, 5.74) is 1.79. The summed E-state index contributed by atoms with van der Waals surface area (Å²) in [6.45, 7) is 6.59. The fourth-order valence-corrected chi connectivity index (χ4v) is 2.47. The molecule has 2 rings (SSSR count). The molecule has 22 heavy (non-hydrogen) atoms. The number of hydrogen-bond donors (Lipinski definition) is 0. The molecule has 1 amide bonds. The van der Waals surface area contributed by atoms with Gasteiger partial charge in [0.05, 0.1) is 19.4 Å². The number of rotatable bonds is 7. The molecule has 1 aliphatic heterocycles. The van der Waals surface area contributed by atoms with Crippen LogP contribution in [0.1, 0.15) is 25.3 Å². The Morgan fingerprint density at radius 1 is 1.55 bits per heavy atom. The Morgan fingerprint density at radius 2 is 2.32 bits per heavy atom. The molecule has 0 aromatic heterocycles. The number of carbonyl (C=O) groups excluding carboxylic acids is 1. The fourth-order valence-electron chi connectivity index (χ4n) is 2.47. The van der Waals surface area contributed by atoms with E-state index < -0.39 is 0 Å².